The third-order valence-electron chi connectivity index (χ3n) is 9.77. The van der Waals surface area contributed by atoms with Gasteiger partial charge in [-0.25, -0.2) is 13.6 Å². The summed E-state index contributed by atoms with van der Waals surface area (Å²) in [6.07, 6.45) is -3.02. The lowest BCUT2D eigenvalue weighted by molar-refractivity contribution is -0.192. The van der Waals surface area contributed by atoms with Crippen molar-refractivity contribution in [2.24, 2.45) is 0 Å². The smallest absolute Gasteiger partial charge is 0.475 e. The van der Waals surface area contributed by atoms with Crippen molar-refractivity contribution in [1.82, 2.24) is 25.3 Å². The molecule has 1 atom stereocenters. The number of imide groups is 1. The number of alkyl halides is 3. The average Bonchev–Trinajstić information content (AvgIpc) is 3.57. The van der Waals surface area contributed by atoms with E-state index in [0.717, 1.165) is 74.1 Å². The number of carbonyl (C=O) groups excluding carboxylic acids is 3. The van der Waals surface area contributed by atoms with Gasteiger partial charge < -0.3 is 20.6 Å². The number of piperidine rings is 1. The van der Waals surface area contributed by atoms with Crippen molar-refractivity contribution in [3.05, 3.63) is 124 Å². The van der Waals surface area contributed by atoms with E-state index in [0.29, 0.717) is 41.6 Å². The molecule has 0 spiro atoms. The quantitative estimate of drug-likeness (QED) is 0.0810. The molecule has 1 aromatic heterocycles. The van der Waals surface area contributed by atoms with Crippen LogP contribution < -0.4 is 16.0 Å². The van der Waals surface area contributed by atoms with Gasteiger partial charge in [-0.05, 0) is 90.0 Å². The number of piperazine rings is 1. The maximum atomic E-state index is 13.7. The minimum Gasteiger partial charge on any atom is -0.475 e. The lowest BCUT2D eigenvalue weighted by Gasteiger charge is -2.34. The summed E-state index contributed by atoms with van der Waals surface area (Å²) in [5.74, 6) is -4.37. The summed E-state index contributed by atoms with van der Waals surface area (Å²) < 4.78 is 59.1. The first-order chi connectivity index (χ1) is 27.7. The SMILES string of the molecule is O=C(O)C(F)(F)F.O=C1CCC(Nc2ccc(CN3CCN(CCc4ccc(C(=O)Nc5n[nH]c6ccc(Cc7cc(F)cc(F)c7)cc56)cc4)CC3)cc2)C(=O)N1. The monoisotopic (exact) mass is 805 g/mol. The van der Waals surface area contributed by atoms with Gasteiger partial charge in [0.1, 0.15) is 17.7 Å². The van der Waals surface area contributed by atoms with Crippen LogP contribution in [0.25, 0.3) is 10.9 Å². The van der Waals surface area contributed by atoms with E-state index >= 15 is 0 Å². The highest BCUT2D eigenvalue weighted by Gasteiger charge is 2.38. The summed E-state index contributed by atoms with van der Waals surface area (Å²) in [6.45, 7) is 5.71. The van der Waals surface area contributed by atoms with Gasteiger partial charge in [-0.15, -0.1) is 0 Å². The number of hydrogen-bond donors (Lipinski definition) is 5. The molecule has 0 saturated carbocycles. The van der Waals surface area contributed by atoms with Crippen LogP contribution in [0.1, 0.15) is 45.5 Å². The fraction of sp³-hybridized carbons (Fsp3) is 0.293. The molecule has 3 amide bonds. The number of rotatable bonds is 11. The molecular weight excluding hydrogens is 765 g/mol. The van der Waals surface area contributed by atoms with Gasteiger partial charge in [0, 0.05) is 68.4 Å². The molecule has 17 heteroatoms. The van der Waals surface area contributed by atoms with Crippen LogP contribution in [-0.4, -0.2) is 93.7 Å². The molecule has 2 aliphatic heterocycles. The molecule has 2 fully saturated rings. The highest BCUT2D eigenvalue weighted by Crippen LogP contribution is 2.25. The van der Waals surface area contributed by atoms with E-state index in [9.17, 15) is 36.3 Å². The van der Waals surface area contributed by atoms with Crippen LogP contribution in [0.4, 0.5) is 33.5 Å². The molecule has 12 nitrogen and oxygen atoms in total. The van der Waals surface area contributed by atoms with Crippen LogP contribution in [-0.2, 0) is 33.8 Å². The summed E-state index contributed by atoms with van der Waals surface area (Å²) in [7, 11) is 0. The van der Waals surface area contributed by atoms with E-state index in [2.05, 4.69) is 48.1 Å². The predicted molar refractivity (Wildman–Crippen MR) is 205 cm³/mol. The van der Waals surface area contributed by atoms with Crippen molar-refractivity contribution in [1.29, 1.82) is 0 Å². The van der Waals surface area contributed by atoms with E-state index in [1.807, 2.05) is 54.6 Å². The Morgan fingerprint density at radius 2 is 1.43 bits per heavy atom. The Balaban J connectivity index is 0.000000743. The number of carboxylic acids is 1. The van der Waals surface area contributed by atoms with Crippen LogP contribution >= 0.6 is 0 Å². The van der Waals surface area contributed by atoms with Crippen LogP contribution in [0.15, 0.2) is 84.9 Å². The number of carboxylic acid groups (broad SMARTS) is 1. The summed E-state index contributed by atoms with van der Waals surface area (Å²) in [5.41, 5.74) is 5.86. The number of halogens is 5. The molecule has 5 N–H and O–H groups in total. The van der Waals surface area contributed by atoms with Crippen molar-refractivity contribution >= 4 is 46.1 Å². The van der Waals surface area contributed by atoms with Gasteiger partial charge in [-0.1, -0.05) is 30.3 Å². The Kier molecular flexibility index (Phi) is 13.1. The number of benzene rings is 4. The zero-order valence-corrected chi connectivity index (χ0v) is 31.0. The van der Waals surface area contributed by atoms with Crippen molar-refractivity contribution in [2.75, 3.05) is 43.4 Å². The number of hydrogen-bond acceptors (Lipinski definition) is 8. The van der Waals surface area contributed by atoms with Crippen LogP contribution in [0.2, 0.25) is 0 Å². The molecule has 2 saturated heterocycles. The van der Waals surface area contributed by atoms with E-state index in [4.69, 9.17) is 9.90 Å². The zero-order chi connectivity index (χ0) is 41.4. The topological polar surface area (TPSA) is 160 Å². The van der Waals surface area contributed by atoms with Gasteiger partial charge in [-0.2, -0.15) is 18.3 Å². The molecule has 7 rings (SSSR count). The molecule has 0 radical (unpaired) electrons. The summed E-state index contributed by atoms with van der Waals surface area (Å²) >= 11 is 0. The van der Waals surface area contributed by atoms with Gasteiger partial charge in [0.15, 0.2) is 5.82 Å². The average molecular weight is 806 g/mol. The minimum absolute atomic E-state index is 0.218. The number of nitrogens with zero attached hydrogens (tertiary/aromatic N) is 3. The second-order valence-corrected chi connectivity index (χ2v) is 14.1. The normalized spacial score (nSPS) is 16.3. The largest absolute Gasteiger partial charge is 0.490 e. The lowest BCUT2D eigenvalue weighted by Crippen LogP contribution is -2.47. The maximum Gasteiger partial charge on any atom is 0.490 e. The molecule has 1 unspecified atom stereocenters. The molecule has 0 bridgehead atoms. The molecule has 304 valence electrons. The van der Waals surface area contributed by atoms with Crippen LogP contribution in [0.5, 0.6) is 0 Å². The van der Waals surface area contributed by atoms with Crippen molar-refractivity contribution in [2.45, 2.75) is 44.4 Å². The van der Waals surface area contributed by atoms with E-state index in [1.165, 1.54) is 17.7 Å². The number of nitrogens with one attached hydrogen (secondary N) is 4. The molecular formula is C41H40F5N7O5. The Morgan fingerprint density at radius 1 is 0.810 bits per heavy atom. The highest BCUT2D eigenvalue weighted by molar-refractivity contribution is 6.08. The van der Waals surface area contributed by atoms with Gasteiger partial charge in [0.2, 0.25) is 11.8 Å². The highest BCUT2D eigenvalue weighted by atomic mass is 19.4. The van der Waals surface area contributed by atoms with Gasteiger partial charge in [0.05, 0.1) is 5.52 Å². The molecule has 5 aromatic rings. The Labute approximate surface area is 329 Å². The van der Waals surface area contributed by atoms with E-state index in [-0.39, 0.29) is 23.8 Å². The second-order valence-electron chi connectivity index (χ2n) is 14.1. The zero-order valence-electron chi connectivity index (χ0n) is 31.0. The number of aromatic amines is 1. The maximum absolute atomic E-state index is 13.7. The van der Waals surface area contributed by atoms with Gasteiger partial charge >= 0.3 is 12.1 Å². The van der Waals surface area contributed by atoms with Gasteiger partial charge in [-0.3, -0.25) is 29.7 Å². The fourth-order valence-corrected chi connectivity index (χ4v) is 6.67. The summed E-state index contributed by atoms with van der Waals surface area (Å²) in [5, 5.41) is 23.6. The standard InChI is InChI=1S/C39H39F2N7O3.C2HF3O2/c40-30-20-28(21-31(41)23-30)19-27-5-10-34-33(22-27)37(46-45-34)44-38(50)29-6-1-25(2-7-29)13-14-47-15-17-48(18-16-47)24-26-3-8-32(9-4-26)42-35-11-12-36(49)43-39(35)51;3-2(4,5)1(6)7/h1-10,20-23,35,42H,11-19,24H2,(H,43,49,51)(H2,44,45,46,50);(H,6,7). The van der Waals surface area contributed by atoms with Gasteiger partial charge in [0.25, 0.3) is 5.91 Å². The Hall–Kier alpha value is -6.20. The first kappa shape index (κ1) is 41.4. The first-order valence-electron chi connectivity index (χ1n) is 18.4. The lowest BCUT2D eigenvalue weighted by atomic mass is 10.0. The minimum atomic E-state index is -5.08. The second kappa shape index (κ2) is 18.4. The first-order valence-corrected chi connectivity index (χ1v) is 18.4. The van der Waals surface area contributed by atoms with Crippen molar-refractivity contribution in [3.63, 3.8) is 0 Å². The van der Waals surface area contributed by atoms with E-state index < -0.39 is 23.8 Å². The molecule has 2 aliphatic rings. The third kappa shape index (κ3) is 11.4. The summed E-state index contributed by atoms with van der Waals surface area (Å²) in [6, 6.07) is 24.4. The van der Waals surface area contributed by atoms with Crippen LogP contribution in [0.3, 0.4) is 0 Å². The fourth-order valence-electron chi connectivity index (χ4n) is 6.67. The predicted octanol–water partition coefficient (Wildman–Crippen LogP) is 5.89. The number of amides is 3. The van der Waals surface area contributed by atoms with E-state index in [1.54, 1.807) is 0 Å². The number of fused-ring (bicyclic) bond motifs is 1. The number of carbonyl (C=O) groups is 4. The molecule has 3 heterocycles. The summed E-state index contributed by atoms with van der Waals surface area (Å²) in [4.78, 5) is 50.3. The number of anilines is 2. The van der Waals surface area contributed by atoms with Crippen LogP contribution in [0, 0.1) is 11.6 Å². The van der Waals surface area contributed by atoms with Crippen molar-refractivity contribution in [3.8, 4) is 0 Å². The molecule has 0 aliphatic carbocycles. The molecule has 4 aromatic carbocycles. The Bertz CT molecular complexity index is 2240. The third-order valence-corrected chi connectivity index (χ3v) is 9.77. The number of aromatic nitrogens is 2. The Morgan fingerprint density at radius 3 is 2.07 bits per heavy atom. The number of aliphatic carboxylic acids is 1. The number of H-pyrrole nitrogens is 1. The van der Waals surface area contributed by atoms with Crippen molar-refractivity contribution < 1.29 is 46.2 Å². The molecule has 58 heavy (non-hydrogen) atoms.